The molecule has 1 atom stereocenters. The molecule has 1 unspecified atom stereocenters. The van der Waals surface area contributed by atoms with Crippen molar-refractivity contribution in [2.24, 2.45) is 0 Å². The Kier molecular flexibility index (Phi) is 5.51. The molecule has 0 bridgehead atoms. The van der Waals surface area contributed by atoms with Crippen LogP contribution < -0.4 is 10.6 Å². The van der Waals surface area contributed by atoms with E-state index < -0.39 is 29.4 Å². The van der Waals surface area contributed by atoms with Crippen LogP contribution in [0.3, 0.4) is 0 Å². The third-order valence-corrected chi connectivity index (χ3v) is 5.18. The fraction of sp³-hybridized carbons (Fsp3) is 0.273. The summed E-state index contributed by atoms with van der Waals surface area (Å²) in [7, 11) is 0. The molecule has 2 heterocycles. The molecule has 0 aromatic heterocycles. The molecule has 1 fully saturated rings. The summed E-state index contributed by atoms with van der Waals surface area (Å²) in [6, 6.07) is 8.04. The zero-order chi connectivity index (χ0) is 22.1. The summed E-state index contributed by atoms with van der Waals surface area (Å²) in [5.74, 6) is -2.49. The Hall–Kier alpha value is -3.59. The van der Waals surface area contributed by atoms with Gasteiger partial charge in [0, 0.05) is 24.8 Å². The number of halogens is 1. The van der Waals surface area contributed by atoms with E-state index in [-0.39, 0.29) is 40.7 Å². The van der Waals surface area contributed by atoms with E-state index >= 15 is 0 Å². The number of fused-ring (bicyclic) bond motifs is 1. The molecule has 0 aliphatic carbocycles. The number of nitrogens with one attached hydrogen (secondary N) is 2. The third kappa shape index (κ3) is 4.17. The number of hydrogen-bond donors (Lipinski definition) is 2. The van der Waals surface area contributed by atoms with Crippen molar-refractivity contribution in [2.45, 2.75) is 25.9 Å². The molecule has 4 amide bonds. The Morgan fingerprint density at radius 1 is 1.10 bits per heavy atom. The summed E-state index contributed by atoms with van der Waals surface area (Å²) >= 11 is 0. The van der Waals surface area contributed by atoms with E-state index in [0.29, 0.717) is 6.61 Å². The van der Waals surface area contributed by atoms with Crippen molar-refractivity contribution in [3.63, 3.8) is 0 Å². The number of carbonyl (C=O) groups is 4. The fourth-order valence-electron chi connectivity index (χ4n) is 3.68. The molecule has 0 radical (unpaired) electrons. The minimum atomic E-state index is -0.638. The van der Waals surface area contributed by atoms with Gasteiger partial charge in [0.2, 0.25) is 5.91 Å². The van der Waals surface area contributed by atoms with Crippen molar-refractivity contribution in [3.05, 3.63) is 58.9 Å². The predicted molar refractivity (Wildman–Crippen MR) is 109 cm³/mol. The first-order valence-electron chi connectivity index (χ1n) is 9.84. The second-order valence-corrected chi connectivity index (χ2v) is 7.45. The summed E-state index contributed by atoms with van der Waals surface area (Å²) < 4.78 is 19.3. The lowest BCUT2D eigenvalue weighted by Crippen LogP contribution is -2.36. The highest BCUT2D eigenvalue weighted by Crippen LogP contribution is 2.27. The van der Waals surface area contributed by atoms with Crippen LogP contribution in [0.5, 0.6) is 0 Å². The van der Waals surface area contributed by atoms with Crippen LogP contribution in [0.2, 0.25) is 0 Å². The standard InChI is InChI=1S/C22H20FN3O5/c1-12(27)24-19-10-14(5-7-18(19)23)25-20(28)13-4-6-16-17(9-13)22(30)26(21(16)29)11-15-3-2-8-31-15/h4-7,9-10,15H,2-3,8,11H2,1H3,(H,24,27)(H,25,28). The Morgan fingerprint density at radius 3 is 2.58 bits per heavy atom. The van der Waals surface area contributed by atoms with Crippen LogP contribution in [0.4, 0.5) is 15.8 Å². The summed E-state index contributed by atoms with van der Waals surface area (Å²) in [6.07, 6.45) is 1.52. The molecule has 0 saturated carbocycles. The average molecular weight is 425 g/mol. The quantitative estimate of drug-likeness (QED) is 0.717. The normalized spacial score (nSPS) is 17.6. The van der Waals surface area contributed by atoms with E-state index in [0.717, 1.165) is 23.8 Å². The molecular formula is C22H20FN3O5. The van der Waals surface area contributed by atoms with Gasteiger partial charge in [-0.05, 0) is 49.2 Å². The lowest BCUT2D eigenvalue weighted by Gasteiger charge is -2.17. The van der Waals surface area contributed by atoms with Crippen LogP contribution in [0.15, 0.2) is 36.4 Å². The van der Waals surface area contributed by atoms with Gasteiger partial charge < -0.3 is 15.4 Å². The highest BCUT2D eigenvalue weighted by atomic mass is 19.1. The molecule has 1 saturated heterocycles. The van der Waals surface area contributed by atoms with Gasteiger partial charge in [-0.25, -0.2) is 4.39 Å². The molecule has 160 valence electrons. The molecule has 4 rings (SSSR count). The number of imide groups is 1. The number of anilines is 2. The van der Waals surface area contributed by atoms with Gasteiger partial charge in [0.05, 0.1) is 29.5 Å². The summed E-state index contributed by atoms with van der Waals surface area (Å²) in [6.45, 7) is 2.05. The highest BCUT2D eigenvalue weighted by Gasteiger charge is 2.37. The van der Waals surface area contributed by atoms with E-state index in [1.54, 1.807) is 0 Å². The van der Waals surface area contributed by atoms with Crippen LogP contribution in [0.25, 0.3) is 0 Å². The van der Waals surface area contributed by atoms with Crippen LogP contribution in [-0.4, -0.2) is 47.8 Å². The van der Waals surface area contributed by atoms with Crippen molar-refractivity contribution >= 4 is 35.0 Å². The van der Waals surface area contributed by atoms with Crippen LogP contribution >= 0.6 is 0 Å². The molecule has 2 aromatic rings. The average Bonchev–Trinajstić information content (AvgIpc) is 3.33. The number of hydrogen-bond acceptors (Lipinski definition) is 5. The zero-order valence-electron chi connectivity index (χ0n) is 16.7. The van der Waals surface area contributed by atoms with Gasteiger partial charge in [0.1, 0.15) is 5.82 Å². The maximum absolute atomic E-state index is 13.8. The Morgan fingerprint density at radius 2 is 1.87 bits per heavy atom. The number of rotatable bonds is 5. The van der Waals surface area contributed by atoms with Crippen molar-refractivity contribution < 1.29 is 28.3 Å². The second-order valence-electron chi connectivity index (χ2n) is 7.45. The van der Waals surface area contributed by atoms with Gasteiger partial charge in [-0.15, -0.1) is 0 Å². The van der Waals surface area contributed by atoms with E-state index in [1.807, 2.05) is 0 Å². The SMILES string of the molecule is CC(=O)Nc1cc(NC(=O)c2ccc3c(c2)C(=O)N(CC2CCCO2)C3=O)ccc1F. The smallest absolute Gasteiger partial charge is 0.261 e. The second kappa shape index (κ2) is 8.27. The summed E-state index contributed by atoms with van der Waals surface area (Å²) in [5.41, 5.74) is 0.773. The van der Waals surface area contributed by atoms with Gasteiger partial charge >= 0.3 is 0 Å². The van der Waals surface area contributed by atoms with Gasteiger partial charge in [-0.1, -0.05) is 0 Å². The van der Waals surface area contributed by atoms with Crippen LogP contribution in [0.1, 0.15) is 50.8 Å². The van der Waals surface area contributed by atoms with Gasteiger partial charge in [0.15, 0.2) is 0 Å². The molecule has 2 aliphatic heterocycles. The third-order valence-electron chi connectivity index (χ3n) is 5.18. The Balaban J connectivity index is 1.52. The monoisotopic (exact) mass is 425 g/mol. The molecule has 31 heavy (non-hydrogen) atoms. The van der Waals surface area contributed by atoms with Gasteiger partial charge in [0.25, 0.3) is 17.7 Å². The van der Waals surface area contributed by atoms with Crippen molar-refractivity contribution in [2.75, 3.05) is 23.8 Å². The molecular weight excluding hydrogens is 405 g/mol. The van der Waals surface area contributed by atoms with Gasteiger partial charge in [-0.3, -0.25) is 24.1 Å². The summed E-state index contributed by atoms with van der Waals surface area (Å²) in [5, 5.41) is 4.94. The van der Waals surface area contributed by atoms with Crippen molar-refractivity contribution in [1.29, 1.82) is 0 Å². The van der Waals surface area contributed by atoms with Crippen LogP contribution in [0, 0.1) is 5.82 Å². The van der Waals surface area contributed by atoms with Crippen molar-refractivity contribution in [3.8, 4) is 0 Å². The first-order valence-corrected chi connectivity index (χ1v) is 9.84. The van der Waals surface area contributed by atoms with E-state index in [4.69, 9.17) is 4.74 Å². The van der Waals surface area contributed by atoms with E-state index in [2.05, 4.69) is 10.6 Å². The Bertz CT molecular complexity index is 1090. The first-order chi connectivity index (χ1) is 14.8. The molecule has 8 nitrogen and oxygen atoms in total. The minimum absolute atomic E-state index is 0.0650. The number of ether oxygens (including phenoxy) is 1. The topological polar surface area (TPSA) is 105 Å². The van der Waals surface area contributed by atoms with E-state index in [1.165, 1.54) is 37.3 Å². The Labute approximate surface area is 177 Å². The molecule has 2 aromatic carbocycles. The zero-order valence-corrected chi connectivity index (χ0v) is 16.7. The van der Waals surface area contributed by atoms with Crippen molar-refractivity contribution in [1.82, 2.24) is 4.90 Å². The highest BCUT2D eigenvalue weighted by molar-refractivity contribution is 6.22. The largest absolute Gasteiger partial charge is 0.376 e. The minimum Gasteiger partial charge on any atom is -0.376 e. The fourth-order valence-corrected chi connectivity index (χ4v) is 3.68. The molecule has 2 N–H and O–H groups in total. The number of carbonyl (C=O) groups excluding carboxylic acids is 4. The number of nitrogens with zero attached hydrogens (tertiary/aromatic N) is 1. The number of benzene rings is 2. The van der Waals surface area contributed by atoms with E-state index in [9.17, 15) is 23.6 Å². The maximum atomic E-state index is 13.8. The summed E-state index contributed by atoms with van der Waals surface area (Å²) in [4.78, 5) is 50.4. The molecule has 2 aliphatic rings. The number of amides is 4. The van der Waals surface area contributed by atoms with Crippen LogP contribution in [-0.2, 0) is 9.53 Å². The lowest BCUT2D eigenvalue weighted by atomic mass is 10.1. The lowest BCUT2D eigenvalue weighted by molar-refractivity contribution is -0.114. The first kappa shape index (κ1) is 20.7. The maximum Gasteiger partial charge on any atom is 0.261 e. The molecule has 9 heteroatoms. The predicted octanol–water partition coefficient (Wildman–Crippen LogP) is 2.81. The molecule has 0 spiro atoms. The van der Waals surface area contributed by atoms with Gasteiger partial charge in [-0.2, -0.15) is 0 Å².